The van der Waals surface area contributed by atoms with Crippen LogP contribution in [0.5, 0.6) is 0 Å². The van der Waals surface area contributed by atoms with E-state index in [4.69, 9.17) is 20.0 Å². The van der Waals surface area contributed by atoms with Gasteiger partial charge in [0.15, 0.2) is 0 Å². The molecule has 3 N–H and O–H groups in total. The maximum atomic E-state index is 14.5. The molecule has 38 heavy (non-hydrogen) atoms. The first-order valence-corrected chi connectivity index (χ1v) is 12.8. The molecule has 1 fully saturated rings. The molecule has 2 aromatic carbocycles. The zero-order chi connectivity index (χ0) is 27.8. The molecular weight excluding hydrogens is 564 g/mol. The molecular formula is C27H28BrF2N3O5. The van der Waals surface area contributed by atoms with Crippen LogP contribution in [0.3, 0.4) is 0 Å². The summed E-state index contributed by atoms with van der Waals surface area (Å²) in [4.78, 5) is 40.0. The second-order valence-electron chi connectivity index (χ2n) is 8.87. The van der Waals surface area contributed by atoms with Gasteiger partial charge in [-0.2, -0.15) is 0 Å². The number of hydrogen-bond acceptors (Lipinski definition) is 5. The molecule has 1 unspecified atom stereocenters. The number of carbonyl (C=O) groups excluding carboxylic acids is 1. The number of anilines is 1. The second-order valence-corrected chi connectivity index (χ2v) is 9.79. The molecule has 0 radical (unpaired) electrons. The Morgan fingerprint density at radius 3 is 2.42 bits per heavy atom. The van der Waals surface area contributed by atoms with Gasteiger partial charge in [-0.15, -0.1) is 0 Å². The van der Waals surface area contributed by atoms with Crippen LogP contribution < -0.4 is 10.2 Å². The number of rotatable bonds is 8. The van der Waals surface area contributed by atoms with E-state index in [9.17, 15) is 18.4 Å². The minimum Gasteiger partial charge on any atom is -0.483 e. The number of halogens is 3. The molecule has 1 amide bonds. The Bertz CT molecular complexity index is 1310. The van der Waals surface area contributed by atoms with Gasteiger partial charge in [0.2, 0.25) is 0 Å². The van der Waals surface area contributed by atoms with Gasteiger partial charge >= 0.3 is 5.97 Å². The SMILES string of the molecule is Cc1c(N2CCCC2)nc2ccc(Br)cc2c1C(=O)NCC(CCC(=O)O)c1c(F)cccc1F.O=CO. The largest absolute Gasteiger partial charge is 0.483 e. The van der Waals surface area contributed by atoms with Crippen molar-refractivity contribution in [3.05, 3.63) is 69.2 Å². The van der Waals surface area contributed by atoms with Crippen LogP contribution in [0.15, 0.2) is 40.9 Å². The number of aromatic nitrogens is 1. The summed E-state index contributed by atoms with van der Waals surface area (Å²) in [5.41, 5.74) is 1.64. The highest BCUT2D eigenvalue weighted by molar-refractivity contribution is 9.10. The first-order valence-electron chi connectivity index (χ1n) is 12.0. The number of carboxylic acid groups (broad SMARTS) is 2. The van der Waals surface area contributed by atoms with Crippen molar-refractivity contribution >= 4 is 51.0 Å². The van der Waals surface area contributed by atoms with Crippen LogP contribution in [-0.4, -0.2) is 53.2 Å². The first kappa shape index (κ1) is 29.0. The average molecular weight is 592 g/mol. The topological polar surface area (TPSA) is 120 Å². The van der Waals surface area contributed by atoms with Gasteiger partial charge in [0, 0.05) is 53.0 Å². The summed E-state index contributed by atoms with van der Waals surface area (Å²) in [6.07, 6.45) is 1.81. The third kappa shape index (κ3) is 6.83. The van der Waals surface area contributed by atoms with E-state index in [0.29, 0.717) is 16.5 Å². The minimum atomic E-state index is -1.07. The van der Waals surface area contributed by atoms with Crippen molar-refractivity contribution in [2.75, 3.05) is 24.5 Å². The predicted octanol–water partition coefficient (Wildman–Crippen LogP) is 5.26. The number of carbonyl (C=O) groups is 3. The summed E-state index contributed by atoms with van der Waals surface area (Å²) < 4.78 is 29.8. The lowest BCUT2D eigenvalue weighted by Gasteiger charge is -2.23. The fourth-order valence-corrected chi connectivity index (χ4v) is 5.06. The molecule has 1 aromatic heterocycles. The van der Waals surface area contributed by atoms with Gasteiger partial charge in [-0.05, 0) is 56.5 Å². The highest BCUT2D eigenvalue weighted by atomic mass is 79.9. The van der Waals surface area contributed by atoms with E-state index in [1.807, 2.05) is 25.1 Å². The Hall–Kier alpha value is -3.60. The van der Waals surface area contributed by atoms with Gasteiger partial charge in [-0.3, -0.25) is 14.4 Å². The summed E-state index contributed by atoms with van der Waals surface area (Å²) in [7, 11) is 0. The van der Waals surface area contributed by atoms with Gasteiger partial charge in [-0.25, -0.2) is 13.8 Å². The molecule has 11 heteroatoms. The fourth-order valence-electron chi connectivity index (χ4n) is 4.70. The lowest BCUT2D eigenvalue weighted by molar-refractivity contribution is -0.137. The van der Waals surface area contributed by atoms with Gasteiger partial charge in [0.05, 0.1) is 11.1 Å². The number of nitrogens with zero attached hydrogens (tertiary/aromatic N) is 2. The second kappa shape index (κ2) is 13.3. The molecule has 1 atom stereocenters. The van der Waals surface area contributed by atoms with Crippen molar-refractivity contribution in [2.45, 2.75) is 38.5 Å². The van der Waals surface area contributed by atoms with Gasteiger partial charge in [0.1, 0.15) is 17.5 Å². The van der Waals surface area contributed by atoms with E-state index in [-0.39, 0.29) is 31.4 Å². The zero-order valence-corrected chi connectivity index (χ0v) is 22.3. The molecule has 3 aromatic rings. The van der Waals surface area contributed by atoms with Crippen molar-refractivity contribution in [2.24, 2.45) is 0 Å². The lowest BCUT2D eigenvalue weighted by atomic mass is 9.92. The van der Waals surface area contributed by atoms with Gasteiger partial charge in [0.25, 0.3) is 12.4 Å². The quantitative estimate of drug-likeness (QED) is 0.305. The Balaban J connectivity index is 0.00000127. The molecule has 0 bridgehead atoms. The van der Waals surface area contributed by atoms with Crippen LogP contribution in [0, 0.1) is 18.6 Å². The third-order valence-corrected chi connectivity index (χ3v) is 6.91. The van der Waals surface area contributed by atoms with E-state index in [1.54, 1.807) is 0 Å². The molecule has 1 aliphatic rings. The maximum Gasteiger partial charge on any atom is 0.303 e. The molecule has 2 heterocycles. The summed E-state index contributed by atoms with van der Waals surface area (Å²) in [5.74, 6) is -3.08. The number of nitrogens with one attached hydrogen (secondary N) is 1. The van der Waals surface area contributed by atoms with E-state index in [1.165, 1.54) is 6.07 Å². The van der Waals surface area contributed by atoms with E-state index < -0.39 is 29.4 Å². The van der Waals surface area contributed by atoms with E-state index >= 15 is 0 Å². The molecule has 0 spiro atoms. The molecule has 0 aliphatic carbocycles. The number of amides is 1. The summed E-state index contributed by atoms with van der Waals surface area (Å²) in [5, 5.41) is 19.5. The first-order chi connectivity index (χ1) is 18.2. The molecule has 0 saturated carbocycles. The average Bonchev–Trinajstić information content (AvgIpc) is 3.40. The number of aliphatic carboxylic acids is 1. The minimum absolute atomic E-state index is 0.0197. The van der Waals surface area contributed by atoms with Crippen LogP contribution >= 0.6 is 15.9 Å². The van der Waals surface area contributed by atoms with Crippen molar-refractivity contribution in [1.82, 2.24) is 10.3 Å². The van der Waals surface area contributed by atoms with Crippen molar-refractivity contribution < 1.29 is 33.4 Å². The van der Waals surface area contributed by atoms with E-state index in [0.717, 1.165) is 53.9 Å². The maximum absolute atomic E-state index is 14.5. The predicted molar refractivity (Wildman–Crippen MR) is 143 cm³/mol. The van der Waals surface area contributed by atoms with Crippen molar-refractivity contribution in [3.8, 4) is 0 Å². The van der Waals surface area contributed by atoms with Crippen LogP contribution in [-0.2, 0) is 9.59 Å². The van der Waals surface area contributed by atoms with Gasteiger partial charge < -0.3 is 20.4 Å². The molecule has 1 aliphatic heterocycles. The van der Waals surface area contributed by atoms with Gasteiger partial charge in [-0.1, -0.05) is 22.0 Å². The third-order valence-electron chi connectivity index (χ3n) is 6.42. The number of carboxylic acids is 1. The summed E-state index contributed by atoms with van der Waals surface area (Å²) in [6, 6.07) is 9.06. The number of pyridine rings is 1. The molecule has 1 saturated heterocycles. The van der Waals surface area contributed by atoms with E-state index in [2.05, 4.69) is 26.1 Å². The normalized spacial score (nSPS) is 13.5. The highest BCUT2D eigenvalue weighted by Crippen LogP contribution is 2.32. The van der Waals surface area contributed by atoms with Crippen LogP contribution in [0.25, 0.3) is 10.9 Å². The monoisotopic (exact) mass is 591 g/mol. The molecule has 4 rings (SSSR count). The van der Waals surface area contributed by atoms with Crippen molar-refractivity contribution in [1.29, 1.82) is 0 Å². The fraction of sp³-hybridized carbons (Fsp3) is 0.333. The van der Waals surface area contributed by atoms with Crippen LogP contribution in [0.4, 0.5) is 14.6 Å². The van der Waals surface area contributed by atoms with Crippen molar-refractivity contribution in [3.63, 3.8) is 0 Å². The number of fused-ring (bicyclic) bond motifs is 1. The summed E-state index contributed by atoms with van der Waals surface area (Å²) in [6.45, 7) is 3.22. The number of hydrogen-bond donors (Lipinski definition) is 3. The Morgan fingerprint density at radius 1 is 1.18 bits per heavy atom. The Kier molecular flexibility index (Phi) is 10.1. The lowest BCUT2D eigenvalue weighted by Crippen LogP contribution is -2.31. The zero-order valence-electron chi connectivity index (χ0n) is 20.7. The van der Waals surface area contributed by atoms with Crippen LogP contribution in [0.1, 0.15) is 53.1 Å². The Labute approximate surface area is 226 Å². The smallest absolute Gasteiger partial charge is 0.303 e. The molecule has 202 valence electrons. The van der Waals surface area contributed by atoms with Crippen LogP contribution in [0.2, 0.25) is 0 Å². The standard InChI is InChI=1S/C26H26BrF2N3O3.CH2O2/c1-15-23(18-13-17(27)8-9-21(18)31-25(15)32-11-2-3-12-32)26(35)30-14-16(7-10-22(33)34)24-19(28)5-4-6-20(24)29;2-1-3/h4-6,8-9,13,16H,2-3,7,10-12,14H2,1H3,(H,30,35)(H,33,34);1H,(H,2,3). The highest BCUT2D eigenvalue weighted by Gasteiger charge is 2.26. The summed E-state index contributed by atoms with van der Waals surface area (Å²) >= 11 is 3.46. The number of benzene rings is 2. The Morgan fingerprint density at radius 2 is 1.82 bits per heavy atom. The molecule has 8 nitrogen and oxygen atoms in total.